The first-order valence-electron chi connectivity index (χ1n) is 5.22. The van der Waals surface area contributed by atoms with Gasteiger partial charge in [-0.25, -0.2) is 4.98 Å². The number of hydrogen-bond acceptors (Lipinski definition) is 5. The second kappa shape index (κ2) is 4.21. The fourth-order valence-electron chi connectivity index (χ4n) is 1.64. The Morgan fingerprint density at radius 2 is 2.26 bits per heavy atom. The van der Waals surface area contributed by atoms with Crippen LogP contribution < -0.4 is 11.1 Å². The van der Waals surface area contributed by atoms with Crippen molar-refractivity contribution in [1.29, 1.82) is 0 Å². The van der Waals surface area contributed by atoms with Crippen LogP contribution in [0.1, 0.15) is 20.8 Å². The summed E-state index contributed by atoms with van der Waals surface area (Å²) in [5.41, 5.74) is 5.65. The average molecular weight is 276 g/mol. The van der Waals surface area contributed by atoms with Gasteiger partial charge in [-0.1, -0.05) is 0 Å². The van der Waals surface area contributed by atoms with Gasteiger partial charge in [-0.2, -0.15) is 5.10 Å². The van der Waals surface area contributed by atoms with Crippen molar-refractivity contribution in [3.05, 3.63) is 35.2 Å². The maximum absolute atomic E-state index is 12.1. The normalized spacial score (nSPS) is 10.7. The van der Waals surface area contributed by atoms with Gasteiger partial charge in [0.1, 0.15) is 17.1 Å². The van der Waals surface area contributed by atoms with Crippen LogP contribution in [0.4, 0.5) is 5.82 Å². The minimum atomic E-state index is -0.669. The van der Waals surface area contributed by atoms with Gasteiger partial charge in [0.2, 0.25) is 0 Å². The Morgan fingerprint density at radius 1 is 1.42 bits per heavy atom. The molecule has 96 valence electrons. The van der Waals surface area contributed by atoms with Crippen molar-refractivity contribution in [2.45, 2.75) is 0 Å². The van der Waals surface area contributed by atoms with Crippen molar-refractivity contribution in [3.63, 3.8) is 0 Å². The smallest absolute Gasteiger partial charge is 0.275 e. The fourth-order valence-corrected chi connectivity index (χ4v) is 2.33. The number of amides is 2. The number of hydrogen-bond donors (Lipinski definition) is 3. The van der Waals surface area contributed by atoms with Crippen LogP contribution in [0, 0.1) is 0 Å². The summed E-state index contributed by atoms with van der Waals surface area (Å²) in [6.07, 6.45) is 4.46. The number of aromatic nitrogens is 4. The zero-order valence-corrected chi connectivity index (χ0v) is 10.3. The SMILES string of the molecule is NC(=O)c1cn[nH]c1NC(=O)c1cnc2sccn12. The molecule has 0 fully saturated rings. The molecular weight excluding hydrogens is 268 g/mol. The highest BCUT2D eigenvalue weighted by Crippen LogP contribution is 2.15. The van der Waals surface area contributed by atoms with E-state index in [0.717, 1.165) is 0 Å². The summed E-state index contributed by atoms with van der Waals surface area (Å²) in [6, 6.07) is 0. The number of thiazole rings is 1. The number of fused-ring (bicyclic) bond motifs is 1. The Morgan fingerprint density at radius 3 is 3.05 bits per heavy atom. The first-order valence-corrected chi connectivity index (χ1v) is 6.10. The van der Waals surface area contributed by atoms with E-state index in [1.165, 1.54) is 23.7 Å². The van der Waals surface area contributed by atoms with Crippen LogP contribution in [0.25, 0.3) is 4.96 Å². The molecule has 0 saturated heterocycles. The van der Waals surface area contributed by atoms with E-state index >= 15 is 0 Å². The van der Waals surface area contributed by atoms with E-state index in [9.17, 15) is 9.59 Å². The number of imidazole rings is 1. The minimum absolute atomic E-state index is 0.124. The van der Waals surface area contributed by atoms with Crippen LogP contribution in [-0.4, -0.2) is 31.4 Å². The second-order valence-electron chi connectivity index (χ2n) is 3.68. The van der Waals surface area contributed by atoms with Gasteiger partial charge in [-0.05, 0) is 0 Å². The van der Waals surface area contributed by atoms with E-state index in [4.69, 9.17) is 5.73 Å². The molecule has 0 unspecified atom stereocenters. The van der Waals surface area contributed by atoms with Crippen molar-refractivity contribution in [2.75, 3.05) is 5.32 Å². The Labute approximate surface area is 110 Å². The maximum atomic E-state index is 12.1. The Kier molecular flexibility index (Phi) is 2.53. The number of aromatic amines is 1. The largest absolute Gasteiger partial charge is 0.365 e. The van der Waals surface area contributed by atoms with Gasteiger partial charge in [0, 0.05) is 11.6 Å². The topological polar surface area (TPSA) is 118 Å². The summed E-state index contributed by atoms with van der Waals surface area (Å²) in [5, 5.41) is 10.5. The zero-order valence-electron chi connectivity index (χ0n) is 9.45. The Bertz CT molecular complexity index is 770. The van der Waals surface area contributed by atoms with Gasteiger partial charge in [0.05, 0.1) is 12.4 Å². The van der Waals surface area contributed by atoms with Gasteiger partial charge < -0.3 is 11.1 Å². The van der Waals surface area contributed by atoms with Crippen molar-refractivity contribution < 1.29 is 9.59 Å². The van der Waals surface area contributed by atoms with E-state index in [1.807, 2.05) is 5.38 Å². The Balaban J connectivity index is 1.91. The summed E-state index contributed by atoms with van der Waals surface area (Å²) in [5.74, 6) is -0.904. The number of anilines is 1. The van der Waals surface area contributed by atoms with Gasteiger partial charge in [0.15, 0.2) is 4.96 Å². The van der Waals surface area contributed by atoms with Crippen LogP contribution >= 0.6 is 11.3 Å². The third-order valence-electron chi connectivity index (χ3n) is 2.52. The third kappa shape index (κ3) is 1.85. The summed E-state index contributed by atoms with van der Waals surface area (Å²) in [7, 11) is 0. The number of primary amides is 1. The van der Waals surface area contributed by atoms with Crippen molar-refractivity contribution in [3.8, 4) is 0 Å². The quantitative estimate of drug-likeness (QED) is 0.644. The van der Waals surface area contributed by atoms with E-state index in [0.29, 0.717) is 10.7 Å². The molecule has 0 radical (unpaired) electrons. The highest BCUT2D eigenvalue weighted by molar-refractivity contribution is 7.15. The van der Waals surface area contributed by atoms with E-state index < -0.39 is 11.8 Å². The predicted molar refractivity (Wildman–Crippen MR) is 68.1 cm³/mol. The number of nitrogens with one attached hydrogen (secondary N) is 2. The minimum Gasteiger partial charge on any atom is -0.365 e. The van der Waals surface area contributed by atoms with Crippen LogP contribution in [0.3, 0.4) is 0 Å². The lowest BCUT2D eigenvalue weighted by molar-refractivity contribution is 0.100. The molecule has 0 aliphatic heterocycles. The lowest BCUT2D eigenvalue weighted by atomic mass is 10.3. The molecule has 0 aliphatic rings. The summed E-state index contributed by atoms with van der Waals surface area (Å²) >= 11 is 1.42. The molecule has 0 bridgehead atoms. The molecule has 19 heavy (non-hydrogen) atoms. The average Bonchev–Trinajstić information content (AvgIpc) is 3.02. The van der Waals surface area contributed by atoms with E-state index in [1.54, 1.807) is 10.6 Å². The highest BCUT2D eigenvalue weighted by atomic mass is 32.1. The molecule has 3 heterocycles. The highest BCUT2D eigenvalue weighted by Gasteiger charge is 2.17. The van der Waals surface area contributed by atoms with Crippen LogP contribution in [0.2, 0.25) is 0 Å². The number of rotatable bonds is 3. The van der Waals surface area contributed by atoms with Crippen LogP contribution in [0.15, 0.2) is 24.0 Å². The molecule has 0 aliphatic carbocycles. The molecule has 3 aromatic heterocycles. The van der Waals surface area contributed by atoms with Crippen LogP contribution in [0.5, 0.6) is 0 Å². The van der Waals surface area contributed by atoms with E-state index in [2.05, 4.69) is 20.5 Å². The predicted octanol–water partition coefficient (Wildman–Crippen LogP) is 0.470. The van der Waals surface area contributed by atoms with Gasteiger partial charge in [-0.15, -0.1) is 11.3 Å². The summed E-state index contributed by atoms with van der Waals surface area (Å²) in [6.45, 7) is 0. The monoisotopic (exact) mass is 276 g/mol. The molecule has 0 spiro atoms. The molecule has 3 rings (SSSR count). The van der Waals surface area contributed by atoms with Crippen molar-refractivity contribution in [1.82, 2.24) is 19.6 Å². The van der Waals surface area contributed by atoms with Crippen molar-refractivity contribution in [2.24, 2.45) is 5.73 Å². The zero-order chi connectivity index (χ0) is 13.4. The summed E-state index contributed by atoms with van der Waals surface area (Å²) < 4.78 is 1.65. The standard InChI is InChI=1S/C10H8N6O2S/c11-7(17)5-3-13-15-8(5)14-9(18)6-4-12-10-16(6)1-2-19-10/h1-4H,(H2,11,17)(H2,13,14,15,18). The number of nitrogens with two attached hydrogens (primary N) is 1. The van der Waals surface area contributed by atoms with Gasteiger partial charge >= 0.3 is 0 Å². The first kappa shape index (κ1) is 11.4. The molecule has 0 aromatic carbocycles. The molecule has 0 atom stereocenters. The number of carbonyl (C=O) groups excluding carboxylic acids is 2. The first-order chi connectivity index (χ1) is 9.16. The number of H-pyrrole nitrogens is 1. The third-order valence-corrected chi connectivity index (χ3v) is 3.29. The van der Waals surface area contributed by atoms with Gasteiger partial charge in [0.25, 0.3) is 11.8 Å². The van der Waals surface area contributed by atoms with E-state index in [-0.39, 0.29) is 11.4 Å². The molecule has 2 amide bonds. The molecule has 3 aromatic rings. The molecule has 0 saturated carbocycles. The maximum Gasteiger partial charge on any atom is 0.275 e. The molecule has 4 N–H and O–H groups in total. The lowest BCUT2D eigenvalue weighted by Gasteiger charge is -2.02. The number of carbonyl (C=O) groups is 2. The number of nitrogens with zero attached hydrogens (tertiary/aromatic N) is 3. The van der Waals surface area contributed by atoms with Crippen molar-refractivity contribution >= 4 is 33.9 Å². The molecule has 9 heteroatoms. The summed E-state index contributed by atoms with van der Waals surface area (Å²) in [4.78, 5) is 28.0. The fraction of sp³-hybridized carbons (Fsp3) is 0. The van der Waals surface area contributed by atoms with Gasteiger partial charge in [-0.3, -0.25) is 19.1 Å². The molecule has 8 nitrogen and oxygen atoms in total. The van der Waals surface area contributed by atoms with Crippen LogP contribution in [-0.2, 0) is 0 Å². The Hall–Kier alpha value is -2.68. The molecular formula is C10H8N6O2S. The second-order valence-corrected chi connectivity index (χ2v) is 4.55. The lowest BCUT2D eigenvalue weighted by Crippen LogP contribution is -2.18.